The molecule has 3 nitrogen and oxygen atoms in total. The topological polar surface area (TPSA) is 38.3 Å². The van der Waals surface area contributed by atoms with Gasteiger partial charge in [0, 0.05) is 18.2 Å². The maximum atomic E-state index is 12.2. The van der Waals surface area contributed by atoms with Gasteiger partial charge >= 0.3 is 0 Å². The smallest absolute Gasteiger partial charge is 0.229 e. The first-order valence-electron chi connectivity index (χ1n) is 7.49. The van der Waals surface area contributed by atoms with Gasteiger partial charge in [0.2, 0.25) is 5.91 Å². The summed E-state index contributed by atoms with van der Waals surface area (Å²) in [5.41, 5.74) is 5.07. The molecule has 2 aromatic rings. The van der Waals surface area contributed by atoms with E-state index in [1.165, 1.54) is 16.7 Å². The van der Waals surface area contributed by atoms with Crippen LogP contribution in [0.2, 0.25) is 0 Å². The molecule has 1 amide bonds. The number of nitrogens with one attached hydrogen (secondary N) is 1. The van der Waals surface area contributed by atoms with E-state index >= 15 is 0 Å². The number of amides is 1. The summed E-state index contributed by atoms with van der Waals surface area (Å²) in [6, 6.07) is 14.3. The molecule has 114 valence electrons. The van der Waals surface area contributed by atoms with Gasteiger partial charge in [-0.1, -0.05) is 51.1 Å². The van der Waals surface area contributed by atoms with E-state index in [1.807, 2.05) is 45.0 Å². The van der Waals surface area contributed by atoms with Crippen LogP contribution in [0.5, 0.6) is 0 Å². The summed E-state index contributed by atoms with van der Waals surface area (Å²) < 4.78 is 5.68. The fourth-order valence-corrected chi connectivity index (χ4v) is 2.81. The summed E-state index contributed by atoms with van der Waals surface area (Å²) in [5.74, 6) is 0.0110. The molecule has 22 heavy (non-hydrogen) atoms. The standard InChI is InChI=1S/C19H21NO2/c1-19(2,3)18(21)20-12-9-10-14-13-7-5-6-8-15(13)17(22-4)16(14)11-12/h5-11,17H,1-4H3,(H,20,21). The van der Waals surface area contributed by atoms with Crippen molar-refractivity contribution in [1.29, 1.82) is 0 Å². The highest BCUT2D eigenvalue weighted by atomic mass is 16.5. The number of hydrogen-bond acceptors (Lipinski definition) is 2. The zero-order valence-corrected chi connectivity index (χ0v) is 13.4. The third-order valence-electron chi connectivity index (χ3n) is 4.04. The van der Waals surface area contributed by atoms with Crippen LogP contribution in [0.25, 0.3) is 11.1 Å². The first-order chi connectivity index (χ1) is 10.4. The second kappa shape index (κ2) is 5.25. The zero-order valence-electron chi connectivity index (χ0n) is 13.4. The zero-order chi connectivity index (χ0) is 15.9. The highest BCUT2D eigenvalue weighted by Gasteiger charge is 2.29. The molecule has 2 aromatic carbocycles. The van der Waals surface area contributed by atoms with Crippen molar-refractivity contribution >= 4 is 11.6 Å². The van der Waals surface area contributed by atoms with Crippen LogP contribution in [0, 0.1) is 5.41 Å². The molecule has 1 atom stereocenters. The lowest BCUT2D eigenvalue weighted by Crippen LogP contribution is -2.27. The van der Waals surface area contributed by atoms with Crippen LogP contribution < -0.4 is 5.32 Å². The van der Waals surface area contributed by atoms with Crippen molar-refractivity contribution in [2.24, 2.45) is 5.41 Å². The van der Waals surface area contributed by atoms with Gasteiger partial charge in [-0.15, -0.1) is 0 Å². The molecule has 0 saturated heterocycles. The molecule has 1 N–H and O–H groups in total. The van der Waals surface area contributed by atoms with Crippen LogP contribution in [0.4, 0.5) is 5.69 Å². The molecule has 0 saturated carbocycles. The van der Waals surface area contributed by atoms with E-state index < -0.39 is 5.41 Å². The number of rotatable bonds is 2. The van der Waals surface area contributed by atoms with Gasteiger partial charge in [0.15, 0.2) is 0 Å². The normalized spacial score (nSPS) is 16.1. The van der Waals surface area contributed by atoms with Gasteiger partial charge in [0.1, 0.15) is 6.10 Å². The molecule has 0 aromatic heterocycles. The van der Waals surface area contributed by atoms with Crippen molar-refractivity contribution < 1.29 is 9.53 Å². The fraction of sp³-hybridized carbons (Fsp3) is 0.316. The molecule has 0 fully saturated rings. The van der Waals surface area contributed by atoms with Crippen LogP contribution >= 0.6 is 0 Å². The van der Waals surface area contributed by atoms with Gasteiger partial charge in [-0.05, 0) is 34.4 Å². The summed E-state index contributed by atoms with van der Waals surface area (Å²) in [7, 11) is 1.72. The Morgan fingerprint density at radius 3 is 2.41 bits per heavy atom. The molecular weight excluding hydrogens is 274 g/mol. The molecule has 0 aliphatic heterocycles. The van der Waals surface area contributed by atoms with Crippen LogP contribution in [0.15, 0.2) is 42.5 Å². The van der Waals surface area contributed by atoms with Gasteiger partial charge in [-0.25, -0.2) is 0 Å². The number of carbonyl (C=O) groups excluding carboxylic acids is 1. The maximum absolute atomic E-state index is 12.2. The summed E-state index contributed by atoms with van der Waals surface area (Å²) in [5, 5.41) is 2.99. The molecule has 1 unspecified atom stereocenters. The molecule has 0 radical (unpaired) electrons. The highest BCUT2D eigenvalue weighted by Crippen LogP contribution is 2.45. The van der Waals surface area contributed by atoms with E-state index in [1.54, 1.807) is 7.11 Å². The summed E-state index contributed by atoms with van der Waals surface area (Å²) in [4.78, 5) is 12.2. The van der Waals surface area contributed by atoms with E-state index in [9.17, 15) is 4.79 Å². The van der Waals surface area contributed by atoms with Crippen molar-refractivity contribution in [3.8, 4) is 11.1 Å². The van der Waals surface area contributed by atoms with Crippen LogP contribution in [-0.4, -0.2) is 13.0 Å². The third-order valence-corrected chi connectivity index (χ3v) is 4.04. The predicted molar refractivity (Wildman–Crippen MR) is 88.8 cm³/mol. The Bertz CT molecular complexity index is 728. The minimum atomic E-state index is -0.414. The van der Waals surface area contributed by atoms with Crippen molar-refractivity contribution in [3.05, 3.63) is 53.6 Å². The second-order valence-corrected chi connectivity index (χ2v) is 6.71. The maximum Gasteiger partial charge on any atom is 0.229 e. The van der Waals surface area contributed by atoms with Crippen LogP contribution in [0.3, 0.4) is 0 Å². The Hall–Kier alpha value is -2.13. The Kier molecular flexibility index (Phi) is 3.53. The van der Waals surface area contributed by atoms with E-state index in [2.05, 4.69) is 23.5 Å². The average Bonchev–Trinajstić information content (AvgIpc) is 2.79. The monoisotopic (exact) mass is 295 g/mol. The quantitative estimate of drug-likeness (QED) is 0.892. The molecule has 1 aliphatic rings. The number of ether oxygens (including phenoxy) is 1. The van der Waals surface area contributed by atoms with Gasteiger partial charge in [0.25, 0.3) is 0 Å². The molecular formula is C19H21NO2. The SMILES string of the molecule is COC1c2ccccc2-c2ccc(NC(=O)C(C)(C)C)cc21. The molecule has 1 aliphatic carbocycles. The lowest BCUT2D eigenvalue weighted by molar-refractivity contribution is -0.123. The van der Waals surface area contributed by atoms with Gasteiger partial charge in [0.05, 0.1) is 0 Å². The van der Waals surface area contributed by atoms with Crippen molar-refractivity contribution in [1.82, 2.24) is 0 Å². The average molecular weight is 295 g/mol. The van der Waals surface area contributed by atoms with Gasteiger partial charge in [-0.2, -0.15) is 0 Å². The first kappa shape index (κ1) is 14.8. The Balaban J connectivity index is 1.99. The third kappa shape index (κ3) is 2.42. The highest BCUT2D eigenvalue weighted by molar-refractivity contribution is 5.95. The number of anilines is 1. The fourth-order valence-electron chi connectivity index (χ4n) is 2.81. The molecule has 3 rings (SSSR count). The number of benzene rings is 2. The molecule has 0 heterocycles. The number of carbonyl (C=O) groups is 1. The lowest BCUT2D eigenvalue weighted by atomic mass is 9.95. The van der Waals surface area contributed by atoms with E-state index in [4.69, 9.17) is 4.74 Å². The lowest BCUT2D eigenvalue weighted by Gasteiger charge is -2.18. The summed E-state index contributed by atoms with van der Waals surface area (Å²) >= 11 is 0. The van der Waals surface area contributed by atoms with E-state index in [0.29, 0.717) is 0 Å². The largest absolute Gasteiger partial charge is 0.372 e. The van der Waals surface area contributed by atoms with E-state index in [-0.39, 0.29) is 12.0 Å². The summed E-state index contributed by atoms with van der Waals surface area (Å²) in [6.45, 7) is 5.72. The van der Waals surface area contributed by atoms with Crippen molar-refractivity contribution in [2.45, 2.75) is 26.9 Å². The number of methoxy groups -OCH3 is 1. The Labute approximate surface area is 131 Å². The minimum Gasteiger partial charge on any atom is -0.372 e. The molecule has 0 bridgehead atoms. The molecule has 0 spiro atoms. The minimum absolute atomic E-state index is 0.0110. The summed E-state index contributed by atoms with van der Waals surface area (Å²) in [6.07, 6.45) is -0.0716. The van der Waals surface area contributed by atoms with Gasteiger partial charge in [-0.3, -0.25) is 4.79 Å². The second-order valence-electron chi connectivity index (χ2n) is 6.71. The van der Waals surface area contributed by atoms with Crippen LogP contribution in [-0.2, 0) is 9.53 Å². The predicted octanol–water partition coefficient (Wildman–Crippen LogP) is 4.39. The number of fused-ring (bicyclic) bond motifs is 3. The Morgan fingerprint density at radius 1 is 1.05 bits per heavy atom. The van der Waals surface area contributed by atoms with Crippen molar-refractivity contribution in [3.63, 3.8) is 0 Å². The Morgan fingerprint density at radius 2 is 1.73 bits per heavy atom. The first-order valence-corrected chi connectivity index (χ1v) is 7.49. The van der Waals surface area contributed by atoms with Crippen molar-refractivity contribution in [2.75, 3.05) is 12.4 Å². The van der Waals surface area contributed by atoms with E-state index in [0.717, 1.165) is 11.3 Å². The van der Waals surface area contributed by atoms with Gasteiger partial charge < -0.3 is 10.1 Å². The number of hydrogen-bond donors (Lipinski definition) is 1. The van der Waals surface area contributed by atoms with Crippen LogP contribution in [0.1, 0.15) is 38.0 Å². The molecule has 3 heteroatoms.